The van der Waals surface area contributed by atoms with Crippen molar-refractivity contribution in [3.05, 3.63) is 35.9 Å². The molecule has 108 valence electrons. The van der Waals surface area contributed by atoms with Gasteiger partial charge in [0.05, 0.1) is 18.6 Å². The van der Waals surface area contributed by atoms with Crippen LogP contribution in [0.5, 0.6) is 0 Å². The lowest BCUT2D eigenvalue weighted by molar-refractivity contribution is -0.146. The fraction of sp³-hybridized carbons (Fsp3) is 0.529. The van der Waals surface area contributed by atoms with Gasteiger partial charge >= 0.3 is 5.97 Å². The Bertz CT molecular complexity index is 467. The van der Waals surface area contributed by atoms with E-state index >= 15 is 0 Å². The molecule has 0 radical (unpaired) electrons. The van der Waals surface area contributed by atoms with Gasteiger partial charge in [0.15, 0.2) is 0 Å². The molecule has 20 heavy (non-hydrogen) atoms. The van der Waals surface area contributed by atoms with Gasteiger partial charge in [0.25, 0.3) is 0 Å². The maximum Gasteiger partial charge on any atom is 0.314 e. The average molecular weight is 273 g/mol. The lowest BCUT2D eigenvalue weighted by atomic mass is 9.87. The summed E-state index contributed by atoms with van der Waals surface area (Å²) in [7, 11) is 0. The van der Waals surface area contributed by atoms with Crippen molar-refractivity contribution in [1.29, 1.82) is 0 Å². The van der Waals surface area contributed by atoms with E-state index < -0.39 is 0 Å². The van der Waals surface area contributed by atoms with Gasteiger partial charge < -0.3 is 4.74 Å². The lowest BCUT2D eigenvalue weighted by Gasteiger charge is -2.24. The topological polar surface area (TPSA) is 38.7 Å². The number of nitrogens with zero attached hydrogens (tertiary/aromatic N) is 1. The third kappa shape index (κ3) is 3.69. The summed E-state index contributed by atoms with van der Waals surface area (Å²) in [6.07, 6.45) is 4.00. The smallest absolute Gasteiger partial charge is 0.314 e. The molecule has 2 rings (SSSR count). The quantitative estimate of drug-likeness (QED) is 0.779. The van der Waals surface area contributed by atoms with Crippen molar-refractivity contribution in [2.24, 2.45) is 10.9 Å². The first-order valence-corrected chi connectivity index (χ1v) is 7.50. The molecule has 2 atom stereocenters. The van der Waals surface area contributed by atoms with E-state index in [9.17, 15) is 4.79 Å². The molecule has 1 saturated carbocycles. The molecule has 1 aliphatic rings. The first kappa shape index (κ1) is 14.8. The summed E-state index contributed by atoms with van der Waals surface area (Å²) >= 11 is 0. The standard InChI is InChI=1S/C17H23NO2/c1-3-20-17(19)15-11-7-8-12-16(15)18-13(2)14-9-5-4-6-10-14/h4-6,9-10,13,15H,3,7-8,11-12H2,1-2H3. The maximum absolute atomic E-state index is 12.0. The minimum Gasteiger partial charge on any atom is -0.465 e. The molecule has 0 aliphatic heterocycles. The molecule has 0 spiro atoms. The molecule has 0 bridgehead atoms. The zero-order valence-corrected chi connectivity index (χ0v) is 12.3. The van der Waals surface area contributed by atoms with Crippen LogP contribution in [0.15, 0.2) is 35.3 Å². The Labute approximate surface area is 121 Å². The fourth-order valence-corrected chi connectivity index (χ4v) is 2.70. The van der Waals surface area contributed by atoms with E-state index in [2.05, 4.69) is 19.1 Å². The average Bonchev–Trinajstić information content (AvgIpc) is 2.49. The number of carbonyl (C=O) groups excluding carboxylic acids is 1. The van der Waals surface area contributed by atoms with E-state index in [1.54, 1.807) is 0 Å². The molecule has 1 aliphatic carbocycles. The molecule has 1 aromatic carbocycles. The van der Waals surface area contributed by atoms with Crippen LogP contribution in [0.3, 0.4) is 0 Å². The summed E-state index contributed by atoms with van der Waals surface area (Å²) in [5.41, 5.74) is 2.21. The Morgan fingerprint density at radius 2 is 2.10 bits per heavy atom. The van der Waals surface area contributed by atoms with Crippen molar-refractivity contribution in [2.75, 3.05) is 6.61 Å². The van der Waals surface area contributed by atoms with Crippen LogP contribution in [0.1, 0.15) is 51.1 Å². The summed E-state index contributed by atoms with van der Waals surface area (Å²) in [5, 5.41) is 0. The van der Waals surface area contributed by atoms with Crippen molar-refractivity contribution in [3.63, 3.8) is 0 Å². The summed E-state index contributed by atoms with van der Waals surface area (Å²) in [5.74, 6) is -0.235. The first-order chi connectivity index (χ1) is 9.72. The Morgan fingerprint density at radius 3 is 2.80 bits per heavy atom. The molecule has 3 heteroatoms. The van der Waals surface area contributed by atoms with Gasteiger partial charge in [0, 0.05) is 5.71 Å². The van der Waals surface area contributed by atoms with Crippen LogP contribution in [-0.4, -0.2) is 18.3 Å². The third-order valence-electron chi connectivity index (χ3n) is 3.79. The van der Waals surface area contributed by atoms with E-state index in [-0.39, 0.29) is 17.9 Å². The van der Waals surface area contributed by atoms with Crippen molar-refractivity contribution in [2.45, 2.75) is 45.6 Å². The van der Waals surface area contributed by atoms with Crippen LogP contribution in [0.4, 0.5) is 0 Å². The van der Waals surface area contributed by atoms with Crippen molar-refractivity contribution < 1.29 is 9.53 Å². The van der Waals surface area contributed by atoms with Crippen LogP contribution in [0.2, 0.25) is 0 Å². The van der Waals surface area contributed by atoms with Crippen molar-refractivity contribution in [3.8, 4) is 0 Å². The Kier molecular flexibility index (Phi) is 5.33. The molecule has 0 amide bonds. The molecule has 0 N–H and O–H groups in total. The largest absolute Gasteiger partial charge is 0.465 e. The predicted octanol–water partition coefficient (Wildman–Crippen LogP) is 3.94. The number of rotatable bonds is 4. The van der Waals surface area contributed by atoms with Crippen LogP contribution < -0.4 is 0 Å². The number of carbonyl (C=O) groups is 1. The van der Waals surface area contributed by atoms with Crippen LogP contribution in [0, 0.1) is 5.92 Å². The molecule has 0 heterocycles. The molecular weight excluding hydrogens is 250 g/mol. The van der Waals surface area contributed by atoms with Crippen LogP contribution in [0.25, 0.3) is 0 Å². The molecule has 2 unspecified atom stereocenters. The summed E-state index contributed by atoms with van der Waals surface area (Å²) < 4.78 is 5.18. The number of esters is 1. The van der Waals surface area contributed by atoms with Crippen molar-refractivity contribution in [1.82, 2.24) is 0 Å². The fourth-order valence-electron chi connectivity index (χ4n) is 2.70. The number of ether oxygens (including phenoxy) is 1. The van der Waals surface area contributed by atoms with Gasteiger partial charge in [-0.05, 0) is 38.7 Å². The van der Waals surface area contributed by atoms with E-state index in [4.69, 9.17) is 9.73 Å². The van der Waals surface area contributed by atoms with Gasteiger partial charge in [-0.2, -0.15) is 0 Å². The molecule has 0 saturated heterocycles. The molecular formula is C17H23NO2. The van der Waals surface area contributed by atoms with E-state index in [1.165, 1.54) is 5.56 Å². The second-order valence-corrected chi connectivity index (χ2v) is 5.26. The highest BCUT2D eigenvalue weighted by Gasteiger charge is 2.28. The number of hydrogen-bond donors (Lipinski definition) is 0. The minimum atomic E-state index is -0.130. The summed E-state index contributed by atoms with van der Waals surface area (Å²) in [6.45, 7) is 4.38. The van der Waals surface area contributed by atoms with Crippen LogP contribution in [-0.2, 0) is 9.53 Å². The summed E-state index contributed by atoms with van der Waals surface area (Å²) in [4.78, 5) is 16.8. The monoisotopic (exact) mass is 273 g/mol. The Morgan fingerprint density at radius 1 is 1.35 bits per heavy atom. The number of benzene rings is 1. The van der Waals surface area contributed by atoms with Gasteiger partial charge in [0.2, 0.25) is 0 Å². The molecule has 0 aromatic heterocycles. The second-order valence-electron chi connectivity index (χ2n) is 5.26. The SMILES string of the molecule is CCOC(=O)C1CCCCC1=NC(C)c1ccccc1. The Balaban J connectivity index is 2.14. The zero-order chi connectivity index (χ0) is 14.4. The molecule has 3 nitrogen and oxygen atoms in total. The highest BCUT2D eigenvalue weighted by atomic mass is 16.5. The highest BCUT2D eigenvalue weighted by Crippen LogP contribution is 2.26. The van der Waals surface area contributed by atoms with Gasteiger partial charge in [0.1, 0.15) is 0 Å². The van der Waals surface area contributed by atoms with Gasteiger partial charge in [-0.15, -0.1) is 0 Å². The minimum absolute atomic E-state index is 0.0984. The maximum atomic E-state index is 12.0. The lowest BCUT2D eigenvalue weighted by Crippen LogP contribution is -2.29. The van der Waals surface area contributed by atoms with E-state index in [0.29, 0.717) is 6.61 Å². The summed E-state index contributed by atoms with van der Waals surface area (Å²) in [6, 6.07) is 10.3. The molecule has 1 fully saturated rings. The Hall–Kier alpha value is -1.64. The zero-order valence-electron chi connectivity index (χ0n) is 12.3. The van der Waals surface area contributed by atoms with E-state index in [1.807, 2.05) is 25.1 Å². The number of hydrogen-bond acceptors (Lipinski definition) is 3. The highest BCUT2D eigenvalue weighted by molar-refractivity contribution is 6.02. The van der Waals surface area contributed by atoms with Gasteiger partial charge in [-0.25, -0.2) is 0 Å². The van der Waals surface area contributed by atoms with Gasteiger partial charge in [-0.1, -0.05) is 36.8 Å². The first-order valence-electron chi connectivity index (χ1n) is 7.50. The van der Waals surface area contributed by atoms with Crippen LogP contribution >= 0.6 is 0 Å². The predicted molar refractivity (Wildman–Crippen MR) is 80.9 cm³/mol. The van der Waals surface area contributed by atoms with E-state index in [0.717, 1.165) is 31.4 Å². The second kappa shape index (κ2) is 7.22. The third-order valence-corrected chi connectivity index (χ3v) is 3.79. The van der Waals surface area contributed by atoms with Crippen molar-refractivity contribution >= 4 is 11.7 Å². The molecule has 1 aromatic rings. The number of aliphatic imine (C=N–C) groups is 1. The normalized spacial score (nSPS) is 22.5. The van der Waals surface area contributed by atoms with Gasteiger partial charge in [-0.3, -0.25) is 9.79 Å².